The summed E-state index contributed by atoms with van der Waals surface area (Å²) >= 11 is 0. The van der Waals surface area contributed by atoms with Gasteiger partial charge in [0.25, 0.3) is 5.88 Å². The topological polar surface area (TPSA) is 61.0 Å². The van der Waals surface area contributed by atoms with Crippen molar-refractivity contribution in [2.75, 3.05) is 0 Å². The van der Waals surface area contributed by atoms with Crippen LogP contribution in [0.1, 0.15) is 48.2 Å². The second-order valence-electron chi connectivity index (χ2n) is 8.32. The maximum Gasteiger partial charge on any atom is 0.265 e. The van der Waals surface area contributed by atoms with Crippen molar-refractivity contribution in [3.63, 3.8) is 0 Å². The van der Waals surface area contributed by atoms with E-state index in [1.54, 1.807) is 0 Å². The lowest BCUT2D eigenvalue weighted by Gasteiger charge is -2.17. The van der Waals surface area contributed by atoms with Crippen LogP contribution in [-0.4, -0.2) is 21.2 Å². The molecule has 3 aromatic rings. The van der Waals surface area contributed by atoms with Crippen LogP contribution in [0.15, 0.2) is 16.7 Å². The van der Waals surface area contributed by atoms with E-state index in [-0.39, 0.29) is 6.10 Å². The summed E-state index contributed by atoms with van der Waals surface area (Å²) in [6, 6.07) is 4.34. The molecule has 5 heteroatoms. The van der Waals surface area contributed by atoms with Gasteiger partial charge in [-0.25, -0.2) is 4.98 Å². The first kappa shape index (κ1) is 16.7. The summed E-state index contributed by atoms with van der Waals surface area (Å²) in [5.74, 6) is 2.59. The molecule has 2 aliphatic rings. The lowest BCUT2D eigenvalue weighted by molar-refractivity contribution is 0.147. The average Bonchev–Trinajstić information content (AvgIpc) is 3.50. The molecule has 2 heterocycles. The van der Waals surface area contributed by atoms with Crippen LogP contribution in [0.2, 0.25) is 0 Å². The number of fused-ring (bicyclic) bond motifs is 1. The van der Waals surface area contributed by atoms with Crippen LogP contribution < -0.4 is 4.74 Å². The van der Waals surface area contributed by atoms with Gasteiger partial charge < -0.3 is 9.26 Å². The van der Waals surface area contributed by atoms with Crippen LogP contribution in [-0.2, 0) is 0 Å². The van der Waals surface area contributed by atoms with Crippen LogP contribution in [0.25, 0.3) is 22.4 Å². The number of hydrogen-bond donors (Lipinski definition) is 0. The number of rotatable bonds is 5. The highest BCUT2D eigenvalue weighted by molar-refractivity contribution is 5.92. The van der Waals surface area contributed by atoms with Gasteiger partial charge in [-0.3, -0.25) is 0 Å². The van der Waals surface area contributed by atoms with E-state index >= 15 is 0 Å². The van der Waals surface area contributed by atoms with Crippen molar-refractivity contribution >= 4 is 11.1 Å². The Morgan fingerprint density at radius 2 is 1.59 bits per heavy atom. The zero-order valence-electron chi connectivity index (χ0n) is 16.4. The fraction of sp³-hybridized carbons (Fsp3) is 0.500. The lowest BCUT2D eigenvalue weighted by atomic mass is 9.97. The molecular weight excluding hydrogens is 338 g/mol. The molecule has 0 aliphatic heterocycles. The molecule has 5 nitrogen and oxygen atoms in total. The Bertz CT molecular complexity index is 996. The maximum atomic E-state index is 6.40. The fourth-order valence-electron chi connectivity index (χ4n) is 4.27. The van der Waals surface area contributed by atoms with Gasteiger partial charge in [0.05, 0.1) is 0 Å². The third-order valence-electron chi connectivity index (χ3n) is 5.73. The van der Waals surface area contributed by atoms with Gasteiger partial charge in [-0.1, -0.05) is 22.9 Å². The van der Waals surface area contributed by atoms with Crippen molar-refractivity contribution in [1.29, 1.82) is 0 Å². The zero-order valence-corrected chi connectivity index (χ0v) is 16.4. The Kier molecular flexibility index (Phi) is 3.74. The first-order valence-corrected chi connectivity index (χ1v) is 9.90. The van der Waals surface area contributed by atoms with Gasteiger partial charge in [-0.05, 0) is 76.3 Å². The molecular formula is C22H25N3O2. The Morgan fingerprint density at radius 3 is 2.19 bits per heavy atom. The highest BCUT2D eigenvalue weighted by Gasteiger charge is 2.44. The Labute approximate surface area is 159 Å². The summed E-state index contributed by atoms with van der Waals surface area (Å²) in [7, 11) is 0. The number of nitrogens with zero attached hydrogens (tertiary/aromatic N) is 3. The number of aromatic nitrogens is 3. The van der Waals surface area contributed by atoms with Gasteiger partial charge >= 0.3 is 0 Å². The molecule has 2 fully saturated rings. The van der Waals surface area contributed by atoms with Crippen molar-refractivity contribution in [1.82, 2.24) is 15.1 Å². The molecule has 0 atom stereocenters. The van der Waals surface area contributed by atoms with Gasteiger partial charge in [0.15, 0.2) is 0 Å². The van der Waals surface area contributed by atoms with Crippen molar-refractivity contribution in [2.45, 2.75) is 59.5 Å². The highest BCUT2D eigenvalue weighted by atomic mass is 16.5. The molecule has 2 saturated carbocycles. The Morgan fingerprint density at radius 1 is 0.963 bits per heavy atom. The first-order valence-electron chi connectivity index (χ1n) is 9.90. The highest BCUT2D eigenvalue weighted by Crippen LogP contribution is 2.47. The standard InChI is InChI=1S/C22H25N3O2/c1-11-9-12(2)17(13(3)10-11)18-19-21(27-25-18)22(24-14(4)23-19)26-20(15-5-6-15)16-7-8-16/h9-10,15-16,20H,5-8H2,1-4H3. The van der Waals surface area contributed by atoms with E-state index < -0.39 is 0 Å². The summed E-state index contributed by atoms with van der Waals surface area (Å²) < 4.78 is 12.1. The van der Waals surface area contributed by atoms with E-state index in [0.29, 0.717) is 29.1 Å². The normalized spacial score (nSPS) is 17.1. The molecule has 1 aromatic carbocycles. The van der Waals surface area contributed by atoms with Crippen molar-refractivity contribution < 1.29 is 9.26 Å². The van der Waals surface area contributed by atoms with Crippen LogP contribution in [0, 0.1) is 39.5 Å². The number of aryl methyl sites for hydroxylation is 4. The van der Waals surface area contributed by atoms with Crippen LogP contribution in [0.5, 0.6) is 5.88 Å². The van der Waals surface area contributed by atoms with Gasteiger partial charge in [-0.2, -0.15) is 4.98 Å². The second kappa shape index (κ2) is 6.04. The molecule has 2 aliphatic carbocycles. The lowest BCUT2D eigenvalue weighted by Crippen LogP contribution is -2.22. The minimum atomic E-state index is 0.263. The third-order valence-corrected chi connectivity index (χ3v) is 5.73. The molecule has 0 N–H and O–H groups in total. The smallest absolute Gasteiger partial charge is 0.265 e. The van der Waals surface area contributed by atoms with Crippen molar-refractivity contribution in [3.05, 3.63) is 34.6 Å². The SMILES string of the molecule is Cc1cc(C)c(-c2noc3c(OC(C4CC4)C4CC4)nc(C)nc23)c(C)c1. The molecule has 27 heavy (non-hydrogen) atoms. The first-order chi connectivity index (χ1) is 13.0. The largest absolute Gasteiger partial charge is 0.471 e. The summed E-state index contributed by atoms with van der Waals surface area (Å²) in [4.78, 5) is 9.22. The van der Waals surface area contributed by atoms with E-state index in [4.69, 9.17) is 9.26 Å². The minimum Gasteiger partial charge on any atom is -0.471 e. The van der Waals surface area contributed by atoms with Crippen LogP contribution in [0.4, 0.5) is 0 Å². The Hall–Kier alpha value is -2.43. The second-order valence-corrected chi connectivity index (χ2v) is 8.32. The maximum absolute atomic E-state index is 6.40. The molecule has 0 bridgehead atoms. The molecule has 140 valence electrons. The molecule has 0 spiro atoms. The monoisotopic (exact) mass is 363 g/mol. The predicted octanol–water partition coefficient (Wildman–Crippen LogP) is 5.09. The molecule has 0 saturated heterocycles. The predicted molar refractivity (Wildman–Crippen MR) is 104 cm³/mol. The number of ether oxygens (including phenoxy) is 1. The van der Waals surface area contributed by atoms with Crippen molar-refractivity contribution in [2.24, 2.45) is 11.8 Å². The minimum absolute atomic E-state index is 0.263. The summed E-state index contributed by atoms with van der Waals surface area (Å²) in [6.45, 7) is 8.23. The summed E-state index contributed by atoms with van der Waals surface area (Å²) in [6.07, 6.45) is 5.31. The van der Waals surface area contributed by atoms with Gasteiger partial charge in [0.1, 0.15) is 23.1 Å². The van der Waals surface area contributed by atoms with Crippen molar-refractivity contribution in [3.8, 4) is 17.1 Å². The van der Waals surface area contributed by atoms with Crippen LogP contribution in [0.3, 0.4) is 0 Å². The van der Waals surface area contributed by atoms with E-state index in [2.05, 4.69) is 48.0 Å². The van der Waals surface area contributed by atoms with Gasteiger partial charge in [0.2, 0.25) is 5.58 Å². The van der Waals surface area contributed by atoms with E-state index in [9.17, 15) is 0 Å². The van der Waals surface area contributed by atoms with E-state index in [0.717, 1.165) is 16.8 Å². The Balaban J connectivity index is 1.61. The summed E-state index contributed by atoms with van der Waals surface area (Å²) in [5.41, 5.74) is 6.78. The molecule has 0 unspecified atom stereocenters. The van der Waals surface area contributed by atoms with E-state index in [1.165, 1.54) is 42.4 Å². The molecule has 5 rings (SSSR count). The van der Waals surface area contributed by atoms with Crippen LogP contribution >= 0.6 is 0 Å². The third kappa shape index (κ3) is 2.99. The van der Waals surface area contributed by atoms with Gasteiger partial charge in [0, 0.05) is 5.56 Å². The number of benzene rings is 1. The average molecular weight is 363 g/mol. The molecule has 0 amide bonds. The molecule has 0 radical (unpaired) electrons. The number of hydrogen-bond acceptors (Lipinski definition) is 5. The zero-order chi connectivity index (χ0) is 18.7. The fourth-order valence-corrected chi connectivity index (χ4v) is 4.27. The van der Waals surface area contributed by atoms with Gasteiger partial charge in [-0.15, -0.1) is 0 Å². The van der Waals surface area contributed by atoms with E-state index in [1.807, 2.05) is 6.92 Å². The quantitative estimate of drug-likeness (QED) is 0.632. The summed E-state index contributed by atoms with van der Waals surface area (Å²) in [5, 5.41) is 4.39. The molecule has 2 aromatic heterocycles.